The number of carbonyl (C=O) groups is 2. The highest BCUT2D eigenvalue weighted by Gasteiger charge is 2.47. The van der Waals surface area contributed by atoms with Crippen LogP contribution in [0.1, 0.15) is 50.3 Å². The van der Waals surface area contributed by atoms with Crippen LogP contribution in [-0.4, -0.2) is 30.0 Å². The highest BCUT2D eigenvalue weighted by Crippen LogP contribution is 2.42. The average molecular weight is 520 g/mol. The standard InChI is InChI=1S/C30H30ClNO5/c1-3-5-6-19-37-25-15-9-21(10-16-25)28(33)26-27(20-7-11-22(31)12-8-20)32(30(35)29(26)34)23-13-17-24(18-14-23)36-4-2/h7-18,27,33H,3-6,19H2,1-2H3/b28-26+. The summed E-state index contributed by atoms with van der Waals surface area (Å²) in [5.74, 6) is -0.392. The molecule has 0 aromatic heterocycles. The minimum Gasteiger partial charge on any atom is -0.507 e. The molecule has 0 radical (unpaired) electrons. The number of ketones is 1. The van der Waals surface area contributed by atoms with Crippen LogP contribution < -0.4 is 14.4 Å². The van der Waals surface area contributed by atoms with Gasteiger partial charge in [-0.3, -0.25) is 14.5 Å². The number of Topliss-reactive ketones (excluding diaryl/α,β-unsaturated/α-hetero) is 1. The van der Waals surface area contributed by atoms with Crippen LogP contribution in [0.15, 0.2) is 78.4 Å². The fraction of sp³-hybridized carbons (Fsp3) is 0.267. The molecule has 6 nitrogen and oxygen atoms in total. The molecule has 37 heavy (non-hydrogen) atoms. The number of ether oxygens (including phenoxy) is 2. The molecule has 1 N–H and O–H groups in total. The third kappa shape index (κ3) is 5.81. The Morgan fingerprint density at radius 3 is 2.11 bits per heavy atom. The number of unbranched alkanes of at least 4 members (excludes halogenated alkanes) is 2. The minimum absolute atomic E-state index is 0.0119. The van der Waals surface area contributed by atoms with Crippen LogP contribution in [0.3, 0.4) is 0 Å². The smallest absolute Gasteiger partial charge is 0.300 e. The Bertz CT molecular complexity index is 1270. The van der Waals surface area contributed by atoms with Gasteiger partial charge >= 0.3 is 0 Å². The predicted molar refractivity (Wildman–Crippen MR) is 145 cm³/mol. The van der Waals surface area contributed by atoms with Crippen LogP contribution in [0.25, 0.3) is 5.76 Å². The van der Waals surface area contributed by atoms with Gasteiger partial charge in [-0.05, 0) is 79.6 Å². The summed E-state index contributed by atoms with van der Waals surface area (Å²) >= 11 is 6.10. The van der Waals surface area contributed by atoms with Gasteiger partial charge in [-0.1, -0.05) is 43.5 Å². The van der Waals surface area contributed by atoms with Crippen molar-refractivity contribution < 1.29 is 24.2 Å². The third-order valence-corrected chi connectivity index (χ3v) is 6.45. The number of aliphatic hydroxyl groups excluding tert-OH is 1. The maximum absolute atomic E-state index is 13.3. The van der Waals surface area contributed by atoms with Crippen LogP contribution in [0.5, 0.6) is 11.5 Å². The number of anilines is 1. The molecule has 4 rings (SSSR count). The van der Waals surface area contributed by atoms with Crippen molar-refractivity contribution in [2.24, 2.45) is 0 Å². The third-order valence-electron chi connectivity index (χ3n) is 6.20. The number of aliphatic hydroxyl groups is 1. The SMILES string of the molecule is CCCCCOc1ccc(/C(O)=C2\C(=O)C(=O)N(c3ccc(OCC)cc3)C2c2ccc(Cl)cc2)cc1. The Kier molecular flexibility index (Phi) is 8.51. The summed E-state index contributed by atoms with van der Waals surface area (Å²) in [6, 6.07) is 19.9. The Labute approximate surface area is 222 Å². The van der Waals surface area contributed by atoms with Gasteiger partial charge in [0.05, 0.1) is 24.8 Å². The summed E-state index contributed by atoms with van der Waals surface area (Å²) in [5.41, 5.74) is 1.60. The molecule has 1 heterocycles. The van der Waals surface area contributed by atoms with E-state index in [-0.39, 0.29) is 11.3 Å². The number of rotatable bonds is 10. The van der Waals surface area contributed by atoms with E-state index in [2.05, 4.69) is 6.92 Å². The van der Waals surface area contributed by atoms with Crippen molar-refractivity contribution in [3.63, 3.8) is 0 Å². The van der Waals surface area contributed by atoms with Gasteiger partial charge in [-0.2, -0.15) is 0 Å². The van der Waals surface area contributed by atoms with Crippen LogP contribution in [0.4, 0.5) is 5.69 Å². The number of halogens is 1. The second-order valence-electron chi connectivity index (χ2n) is 8.73. The summed E-state index contributed by atoms with van der Waals surface area (Å²) < 4.78 is 11.3. The van der Waals surface area contributed by atoms with E-state index in [1.54, 1.807) is 72.8 Å². The van der Waals surface area contributed by atoms with Gasteiger partial charge in [0.25, 0.3) is 11.7 Å². The van der Waals surface area contributed by atoms with Gasteiger partial charge in [-0.25, -0.2) is 0 Å². The molecule has 1 unspecified atom stereocenters. The molecule has 0 bridgehead atoms. The first-order valence-corrected chi connectivity index (χ1v) is 12.8. The van der Waals surface area contributed by atoms with Crippen LogP contribution >= 0.6 is 11.6 Å². The molecule has 1 saturated heterocycles. The topological polar surface area (TPSA) is 76.1 Å². The lowest BCUT2D eigenvalue weighted by atomic mass is 9.95. The Morgan fingerprint density at radius 1 is 0.865 bits per heavy atom. The lowest BCUT2D eigenvalue weighted by molar-refractivity contribution is -0.132. The first-order valence-electron chi connectivity index (χ1n) is 12.5. The first-order chi connectivity index (χ1) is 17.9. The molecule has 0 saturated carbocycles. The van der Waals surface area contributed by atoms with Crippen molar-refractivity contribution in [3.8, 4) is 11.5 Å². The van der Waals surface area contributed by atoms with E-state index in [1.165, 1.54) is 4.90 Å². The number of nitrogens with zero attached hydrogens (tertiary/aromatic N) is 1. The Hall–Kier alpha value is -3.77. The van der Waals surface area contributed by atoms with Crippen LogP contribution in [0.2, 0.25) is 5.02 Å². The second-order valence-corrected chi connectivity index (χ2v) is 9.16. The molecule has 1 amide bonds. The van der Waals surface area contributed by atoms with Crippen LogP contribution in [0, 0.1) is 0 Å². The largest absolute Gasteiger partial charge is 0.507 e. The monoisotopic (exact) mass is 519 g/mol. The summed E-state index contributed by atoms with van der Waals surface area (Å²) in [4.78, 5) is 28.0. The van der Waals surface area contributed by atoms with E-state index in [9.17, 15) is 14.7 Å². The van der Waals surface area contributed by atoms with E-state index in [4.69, 9.17) is 21.1 Å². The van der Waals surface area contributed by atoms with Crippen molar-refractivity contribution in [1.82, 2.24) is 0 Å². The molecular weight excluding hydrogens is 490 g/mol. The van der Waals surface area contributed by atoms with E-state index in [0.717, 1.165) is 19.3 Å². The van der Waals surface area contributed by atoms with Gasteiger partial charge in [-0.15, -0.1) is 0 Å². The molecule has 1 aliphatic rings. The lowest BCUT2D eigenvalue weighted by Crippen LogP contribution is -2.29. The number of amides is 1. The van der Waals surface area contributed by atoms with E-state index in [1.807, 2.05) is 6.92 Å². The predicted octanol–water partition coefficient (Wildman–Crippen LogP) is 6.93. The molecule has 3 aromatic carbocycles. The summed E-state index contributed by atoms with van der Waals surface area (Å²) in [6.07, 6.45) is 3.17. The van der Waals surface area contributed by atoms with Crippen molar-refractivity contribution in [2.75, 3.05) is 18.1 Å². The average Bonchev–Trinajstić information content (AvgIpc) is 3.18. The molecular formula is C30H30ClNO5. The van der Waals surface area contributed by atoms with Gasteiger partial charge in [0.15, 0.2) is 0 Å². The molecule has 0 spiro atoms. The second kappa shape index (κ2) is 12.0. The highest BCUT2D eigenvalue weighted by molar-refractivity contribution is 6.51. The summed E-state index contributed by atoms with van der Waals surface area (Å²) in [7, 11) is 0. The normalized spacial score (nSPS) is 16.7. The fourth-order valence-electron chi connectivity index (χ4n) is 4.34. The molecule has 0 aliphatic carbocycles. The lowest BCUT2D eigenvalue weighted by Gasteiger charge is -2.25. The van der Waals surface area contributed by atoms with Gasteiger partial charge in [0.1, 0.15) is 17.3 Å². The molecule has 1 aliphatic heterocycles. The van der Waals surface area contributed by atoms with Crippen molar-refractivity contribution in [3.05, 3.63) is 94.5 Å². The Balaban J connectivity index is 1.73. The number of hydrogen-bond donors (Lipinski definition) is 1. The number of benzene rings is 3. The summed E-state index contributed by atoms with van der Waals surface area (Å²) in [5, 5.41) is 11.8. The molecule has 3 aromatic rings. The molecule has 7 heteroatoms. The number of carbonyl (C=O) groups excluding carboxylic acids is 2. The first kappa shape index (κ1) is 26.3. The fourth-order valence-corrected chi connectivity index (χ4v) is 4.46. The summed E-state index contributed by atoms with van der Waals surface area (Å²) in [6.45, 7) is 5.15. The number of hydrogen-bond acceptors (Lipinski definition) is 5. The maximum Gasteiger partial charge on any atom is 0.300 e. The van der Waals surface area contributed by atoms with E-state index in [0.29, 0.717) is 46.5 Å². The quantitative estimate of drug-likeness (QED) is 0.136. The van der Waals surface area contributed by atoms with Gasteiger partial charge in [0.2, 0.25) is 0 Å². The highest BCUT2D eigenvalue weighted by atomic mass is 35.5. The molecule has 1 fully saturated rings. The van der Waals surface area contributed by atoms with Gasteiger partial charge in [0, 0.05) is 16.3 Å². The minimum atomic E-state index is -0.833. The Morgan fingerprint density at radius 2 is 1.49 bits per heavy atom. The van der Waals surface area contributed by atoms with Gasteiger partial charge < -0.3 is 14.6 Å². The zero-order valence-electron chi connectivity index (χ0n) is 20.9. The zero-order valence-corrected chi connectivity index (χ0v) is 21.7. The zero-order chi connectivity index (χ0) is 26.4. The molecule has 1 atom stereocenters. The van der Waals surface area contributed by atoms with E-state index < -0.39 is 17.7 Å². The van der Waals surface area contributed by atoms with Crippen molar-refractivity contribution >= 4 is 34.7 Å². The van der Waals surface area contributed by atoms with Crippen molar-refractivity contribution in [2.45, 2.75) is 39.2 Å². The van der Waals surface area contributed by atoms with Crippen molar-refractivity contribution in [1.29, 1.82) is 0 Å². The van der Waals surface area contributed by atoms with Crippen LogP contribution in [-0.2, 0) is 9.59 Å². The molecule has 192 valence electrons. The maximum atomic E-state index is 13.3. The van der Waals surface area contributed by atoms with E-state index >= 15 is 0 Å².